The number of carbonyl (C=O) groups is 1. The third kappa shape index (κ3) is 3.31. The number of nitriles is 1. The third-order valence-corrected chi connectivity index (χ3v) is 3.73. The summed E-state index contributed by atoms with van der Waals surface area (Å²) in [5.41, 5.74) is 0.412. The van der Waals surface area contributed by atoms with E-state index in [1.54, 1.807) is 4.90 Å². The van der Waals surface area contributed by atoms with Gasteiger partial charge in [0.25, 0.3) is 5.91 Å². The van der Waals surface area contributed by atoms with Gasteiger partial charge in [-0.2, -0.15) is 5.26 Å². The second-order valence-electron chi connectivity index (χ2n) is 4.98. The maximum Gasteiger partial charge on any atom is 0.254 e. The van der Waals surface area contributed by atoms with Crippen LogP contribution in [-0.4, -0.2) is 55.0 Å². The van der Waals surface area contributed by atoms with Crippen LogP contribution in [0, 0.1) is 17.1 Å². The Labute approximate surface area is 123 Å². The number of halogens is 1. The first-order valence-electron chi connectivity index (χ1n) is 6.83. The van der Waals surface area contributed by atoms with Crippen molar-refractivity contribution in [2.75, 3.05) is 33.3 Å². The van der Waals surface area contributed by atoms with Crippen molar-refractivity contribution >= 4 is 5.91 Å². The maximum absolute atomic E-state index is 13.4. The van der Waals surface area contributed by atoms with E-state index < -0.39 is 5.82 Å². The Kier molecular flexibility index (Phi) is 4.76. The van der Waals surface area contributed by atoms with Gasteiger partial charge in [-0.15, -0.1) is 0 Å². The van der Waals surface area contributed by atoms with Gasteiger partial charge in [0.05, 0.1) is 19.2 Å². The third-order valence-electron chi connectivity index (χ3n) is 3.73. The lowest BCUT2D eigenvalue weighted by atomic mass is 10.1. The van der Waals surface area contributed by atoms with Crippen LogP contribution in [0.25, 0.3) is 0 Å². The average Bonchev–Trinajstić information content (AvgIpc) is 2.54. The molecule has 0 aliphatic carbocycles. The lowest BCUT2D eigenvalue weighted by molar-refractivity contribution is 0.0615. The minimum atomic E-state index is -0.485. The van der Waals surface area contributed by atoms with Gasteiger partial charge in [0.2, 0.25) is 0 Å². The standard InChI is InChI=1S/C15H18FN3O2/c1-11(10-17)18-5-7-19(8-6-18)15(20)12-3-4-13(16)14(9-12)21-2/h3-4,9,11H,5-8H2,1-2H3. The van der Waals surface area contributed by atoms with Crippen LogP contribution in [0.3, 0.4) is 0 Å². The number of piperazine rings is 1. The molecule has 21 heavy (non-hydrogen) atoms. The topological polar surface area (TPSA) is 56.6 Å². The summed E-state index contributed by atoms with van der Waals surface area (Å²) < 4.78 is 18.3. The van der Waals surface area contributed by atoms with Crippen LogP contribution in [0.15, 0.2) is 18.2 Å². The van der Waals surface area contributed by atoms with E-state index in [-0.39, 0.29) is 17.7 Å². The summed E-state index contributed by atoms with van der Waals surface area (Å²) in [5, 5.41) is 8.90. The molecule has 112 valence electrons. The molecule has 0 radical (unpaired) electrons. The Morgan fingerprint density at radius 2 is 2.05 bits per heavy atom. The number of hydrogen-bond acceptors (Lipinski definition) is 4. The van der Waals surface area contributed by atoms with E-state index in [0.717, 1.165) is 0 Å². The second kappa shape index (κ2) is 6.55. The number of rotatable bonds is 3. The zero-order valence-electron chi connectivity index (χ0n) is 12.2. The molecule has 1 aliphatic rings. The number of methoxy groups -OCH3 is 1. The summed E-state index contributed by atoms with van der Waals surface area (Å²) >= 11 is 0. The van der Waals surface area contributed by atoms with Crippen molar-refractivity contribution in [2.24, 2.45) is 0 Å². The monoisotopic (exact) mass is 291 g/mol. The van der Waals surface area contributed by atoms with E-state index in [4.69, 9.17) is 10.00 Å². The van der Waals surface area contributed by atoms with Crippen LogP contribution >= 0.6 is 0 Å². The first kappa shape index (κ1) is 15.3. The van der Waals surface area contributed by atoms with Crippen LogP contribution in [0.4, 0.5) is 4.39 Å². The molecule has 1 fully saturated rings. The molecule has 1 unspecified atom stereocenters. The van der Waals surface area contributed by atoms with Crippen molar-refractivity contribution in [3.63, 3.8) is 0 Å². The molecule has 2 rings (SSSR count). The number of nitrogens with zero attached hydrogens (tertiary/aromatic N) is 3. The van der Waals surface area contributed by atoms with Gasteiger partial charge in [-0.3, -0.25) is 9.69 Å². The number of ether oxygens (including phenoxy) is 1. The Hall–Kier alpha value is -2.13. The van der Waals surface area contributed by atoms with Crippen LogP contribution in [-0.2, 0) is 0 Å². The zero-order valence-corrected chi connectivity index (χ0v) is 12.2. The summed E-state index contributed by atoms with van der Waals surface area (Å²) in [7, 11) is 1.37. The highest BCUT2D eigenvalue weighted by Gasteiger charge is 2.25. The maximum atomic E-state index is 13.4. The molecule has 0 N–H and O–H groups in total. The summed E-state index contributed by atoms with van der Waals surface area (Å²) in [5.74, 6) is -0.558. The van der Waals surface area contributed by atoms with Gasteiger partial charge >= 0.3 is 0 Å². The Bertz CT molecular complexity index is 563. The van der Waals surface area contributed by atoms with Crippen molar-refractivity contribution in [3.8, 4) is 11.8 Å². The van der Waals surface area contributed by atoms with E-state index in [1.807, 2.05) is 11.8 Å². The van der Waals surface area contributed by atoms with Crippen molar-refractivity contribution in [2.45, 2.75) is 13.0 Å². The molecule has 1 saturated heterocycles. The van der Waals surface area contributed by atoms with Crippen LogP contribution in [0.2, 0.25) is 0 Å². The molecule has 6 heteroatoms. The number of hydrogen-bond donors (Lipinski definition) is 0. The summed E-state index contributed by atoms with van der Waals surface area (Å²) in [6, 6.07) is 6.17. The molecular formula is C15H18FN3O2. The minimum Gasteiger partial charge on any atom is -0.494 e. The molecule has 0 bridgehead atoms. The highest BCUT2D eigenvalue weighted by Crippen LogP contribution is 2.20. The molecule has 0 spiro atoms. The van der Waals surface area contributed by atoms with Gasteiger partial charge in [-0.05, 0) is 25.1 Å². The van der Waals surface area contributed by atoms with Crippen molar-refractivity contribution in [1.82, 2.24) is 9.80 Å². The van der Waals surface area contributed by atoms with Gasteiger partial charge in [-0.25, -0.2) is 4.39 Å². The zero-order chi connectivity index (χ0) is 15.4. The largest absolute Gasteiger partial charge is 0.494 e. The van der Waals surface area contributed by atoms with Gasteiger partial charge in [0, 0.05) is 31.7 Å². The molecular weight excluding hydrogens is 273 g/mol. The normalized spacial score (nSPS) is 17.1. The van der Waals surface area contributed by atoms with Gasteiger partial charge < -0.3 is 9.64 Å². The fourth-order valence-electron chi connectivity index (χ4n) is 2.37. The molecule has 1 atom stereocenters. The van der Waals surface area contributed by atoms with E-state index in [1.165, 1.54) is 25.3 Å². The van der Waals surface area contributed by atoms with Gasteiger partial charge in [0.1, 0.15) is 0 Å². The summed E-state index contributed by atoms with van der Waals surface area (Å²) in [4.78, 5) is 16.1. The highest BCUT2D eigenvalue weighted by molar-refractivity contribution is 5.94. The Morgan fingerprint density at radius 1 is 1.38 bits per heavy atom. The smallest absolute Gasteiger partial charge is 0.254 e. The quantitative estimate of drug-likeness (QED) is 0.847. The number of benzene rings is 1. The molecule has 1 aromatic rings. The Balaban J connectivity index is 2.04. The van der Waals surface area contributed by atoms with E-state index in [9.17, 15) is 9.18 Å². The lowest BCUT2D eigenvalue weighted by Crippen LogP contribution is -2.51. The number of amides is 1. The first-order valence-corrected chi connectivity index (χ1v) is 6.83. The van der Waals surface area contributed by atoms with Crippen LogP contribution < -0.4 is 4.74 Å². The van der Waals surface area contributed by atoms with Crippen molar-refractivity contribution in [1.29, 1.82) is 5.26 Å². The predicted molar refractivity (Wildman–Crippen MR) is 75.5 cm³/mol. The lowest BCUT2D eigenvalue weighted by Gasteiger charge is -2.35. The highest BCUT2D eigenvalue weighted by atomic mass is 19.1. The van der Waals surface area contributed by atoms with Crippen molar-refractivity contribution in [3.05, 3.63) is 29.6 Å². The minimum absolute atomic E-state index is 0.0672. The van der Waals surface area contributed by atoms with Crippen LogP contribution in [0.1, 0.15) is 17.3 Å². The van der Waals surface area contributed by atoms with E-state index in [0.29, 0.717) is 31.7 Å². The molecule has 5 nitrogen and oxygen atoms in total. The van der Waals surface area contributed by atoms with Crippen molar-refractivity contribution < 1.29 is 13.9 Å². The van der Waals surface area contributed by atoms with Gasteiger partial charge in [-0.1, -0.05) is 0 Å². The molecule has 1 aliphatic heterocycles. The second-order valence-corrected chi connectivity index (χ2v) is 4.98. The van der Waals surface area contributed by atoms with Crippen LogP contribution in [0.5, 0.6) is 5.75 Å². The average molecular weight is 291 g/mol. The predicted octanol–water partition coefficient (Wildman–Crippen LogP) is 1.50. The molecule has 1 amide bonds. The fraction of sp³-hybridized carbons (Fsp3) is 0.467. The van der Waals surface area contributed by atoms with E-state index >= 15 is 0 Å². The molecule has 1 aromatic carbocycles. The summed E-state index contributed by atoms with van der Waals surface area (Å²) in [6.07, 6.45) is 0. The Morgan fingerprint density at radius 3 is 2.62 bits per heavy atom. The molecule has 0 saturated carbocycles. The number of carbonyl (C=O) groups excluding carboxylic acids is 1. The fourth-order valence-corrected chi connectivity index (χ4v) is 2.37. The van der Waals surface area contributed by atoms with Gasteiger partial charge in [0.15, 0.2) is 11.6 Å². The van der Waals surface area contributed by atoms with E-state index in [2.05, 4.69) is 6.07 Å². The SMILES string of the molecule is COc1cc(C(=O)N2CCN(C(C)C#N)CC2)ccc1F. The first-order chi connectivity index (χ1) is 10.1. The molecule has 0 aromatic heterocycles. The summed E-state index contributed by atoms with van der Waals surface area (Å²) in [6.45, 7) is 4.30. The molecule has 1 heterocycles.